The van der Waals surface area contributed by atoms with Gasteiger partial charge in [-0.05, 0) is 79.1 Å². The van der Waals surface area contributed by atoms with Gasteiger partial charge in [0.2, 0.25) is 5.91 Å². The number of carbonyl (C=O) groups excluding carboxylic acids is 1. The van der Waals surface area contributed by atoms with Crippen molar-refractivity contribution in [3.05, 3.63) is 56.0 Å². The van der Waals surface area contributed by atoms with E-state index in [1.807, 2.05) is 21.2 Å². The number of anilines is 1. The van der Waals surface area contributed by atoms with Gasteiger partial charge in [0.15, 0.2) is 0 Å². The van der Waals surface area contributed by atoms with Crippen LogP contribution in [0.1, 0.15) is 38.3 Å². The van der Waals surface area contributed by atoms with Gasteiger partial charge in [-0.25, -0.2) is 13.8 Å². The zero-order valence-electron chi connectivity index (χ0n) is 24.4. The van der Waals surface area contributed by atoms with E-state index >= 15 is 0 Å². The predicted octanol–water partition coefficient (Wildman–Crippen LogP) is 4.00. The number of hydrogen-bond acceptors (Lipinski definition) is 11. The summed E-state index contributed by atoms with van der Waals surface area (Å²) in [6.45, 7) is 6.92. The van der Waals surface area contributed by atoms with Gasteiger partial charge in [0, 0.05) is 24.9 Å². The second-order valence-electron chi connectivity index (χ2n) is 9.12. The predicted molar refractivity (Wildman–Crippen MR) is 181 cm³/mol. The first-order valence-corrected chi connectivity index (χ1v) is 16.9. The molecule has 2 heterocycles. The Bertz CT molecular complexity index is 1600. The van der Waals surface area contributed by atoms with Crippen LogP contribution in [0, 0.1) is 29.5 Å². The fourth-order valence-corrected chi connectivity index (χ4v) is 5.15. The van der Waals surface area contributed by atoms with Crippen LogP contribution >= 0.6 is 42.3 Å². The Morgan fingerprint density at radius 2 is 2.05 bits per heavy atom. The van der Waals surface area contributed by atoms with Gasteiger partial charge >= 0.3 is 5.69 Å². The highest BCUT2D eigenvalue weighted by Crippen LogP contribution is 2.33. The lowest BCUT2D eigenvalue weighted by Crippen LogP contribution is -2.55. The molecule has 1 amide bonds. The number of aliphatic hydroxyl groups excluding tert-OH is 1. The first-order chi connectivity index (χ1) is 20.5. The van der Waals surface area contributed by atoms with Gasteiger partial charge in [0.1, 0.15) is 26.9 Å². The Balaban J connectivity index is 0.00000120. The molecule has 2 aromatic heterocycles. The largest absolute Gasteiger partial charge is 0.496 e. The number of thiophene rings is 1. The molecule has 0 saturated heterocycles. The molecule has 3 aromatic rings. The van der Waals surface area contributed by atoms with Gasteiger partial charge < -0.3 is 20.6 Å². The third-order valence-electron chi connectivity index (χ3n) is 6.05. The maximum atomic E-state index is 13.9. The minimum atomic E-state index is -1.48. The second kappa shape index (κ2) is 18.4. The minimum Gasteiger partial charge on any atom is -0.496 e. The zero-order chi connectivity index (χ0) is 32.7. The normalized spacial score (nSPS) is 10.7. The summed E-state index contributed by atoms with van der Waals surface area (Å²) in [4.78, 5) is 40.6. The highest BCUT2D eigenvalue weighted by Gasteiger charge is 2.35. The summed E-state index contributed by atoms with van der Waals surface area (Å²) < 4.78 is 21.7. The van der Waals surface area contributed by atoms with E-state index < -0.39 is 28.5 Å². The van der Waals surface area contributed by atoms with Crippen LogP contribution in [0.4, 0.5) is 9.39 Å². The van der Waals surface area contributed by atoms with Crippen molar-refractivity contribution in [2.45, 2.75) is 52.6 Å². The summed E-state index contributed by atoms with van der Waals surface area (Å²) in [6, 6.07) is 5.91. The van der Waals surface area contributed by atoms with Crippen molar-refractivity contribution in [1.82, 2.24) is 14.5 Å². The number of aromatic nitrogens is 2. The lowest BCUT2D eigenvalue weighted by molar-refractivity contribution is -0.128. The van der Waals surface area contributed by atoms with E-state index in [-0.39, 0.29) is 31.4 Å². The smallest absolute Gasteiger partial charge is 0.333 e. The molecule has 234 valence electrons. The van der Waals surface area contributed by atoms with Gasteiger partial charge in [-0.15, -0.1) is 9.80 Å². The molecule has 16 heteroatoms. The number of benzene rings is 1. The van der Waals surface area contributed by atoms with E-state index in [4.69, 9.17) is 20.5 Å². The number of likely N-dealkylation sites (N-methyl/N-ethyl adjacent to an activating group) is 1. The van der Waals surface area contributed by atoms with E-state index in [1.165, 1.54) is 49.9 Å². The van der Waals surface area contributed by atoms with E-state index in [2.05, 4.69) is 25.6 Å². The van der Waals surface area contributed by atoms with Crippen LogP contribution in [0.2, 0.25) is 0 Å². The number of carbonyl (C=O) groups is 1. The van der Waals surface area contributed by atoms with E-state index in [0.717, 1.165) is 22.1 Å². The number of ether oxygens (including phenoxy) is 1. The van der Waals surface area contributed by atoms with Crippen molar-refractivity contribution in [1.29, 1.82) is 10.7 Å². The number of nitrogens with zero attached hydrogens (tertiary/aromatic N) is 4. The lowest BCUT2D eigenvalue weighted by atomic mass is 10.0. The number of rotatable bonds is 11. The molecule has 0 radical (unpaired) electrons. The number of hydrazone groups is 1. The molecule has 12 nitrogen and oxygen atoms in total. The number of amides is 1. The van der Waals surface area contributed by atoms with Crippen molar-refractivity contribution in [2.75, 3.05) is 25.7 Å². The first-order valence-electron chi connectivity index (χ1n) is 12.8. The van der Waals surface area contributed by atoms with Crippen LogP contribution in [0.5, 0.6) is 5.75 Å². The Labute approximate surface area is 270 Å². The Hall–Kier alpha value is -3.27. The number of aliphatic hydroxyl groups is 1. The SMILES string of the molecule is CCNC(=O)C(C)(C)n1c(=O)c2c(C)c(N/N=C\C=N)sc2n(CCc2cc(F)ccc2OC)c1=O.N#CCCO.SI. The van der Waals surface area contributed by atoms with Gasteiger partial charge in [0.25, 0.3) is 5.56 Å². The molecule has 0 spiro atoms. The Morgan fingerprint density at radius 1 is 1.37 bits per heavy atom. The van der Waals surface area contributed by atoms with Crippen molar-refractivity contribution >= 4 is 75.9 Å². The van der Waals surface area contributed by atoms with Gasteiger partial charge in [0.05, 0.1) is 37.8 Å². The molecule has 0 aliphatic heterocycles. The van der Waals surface area contributed by atoms with Crippen LogP contribution in [-0.4, -0.2) is 52.8 Å². The second-order valence-corrected chi connectivity index (χ2v) is 10.1. The Kier molecular flexibility index (Phi) is 16.2. The summed E-state index contributed by atoms with van der Waals surface area (Å²) in [5.41, 5.74) is 1.19. The average molecular weight is 748 g/mol. The molecule has 0 saturated carbocycles. The van der Waals surface area contributed by atoms with Crippen LogP contribution in [0.3, 0.4) is 0 Å². The number of thiol groups is 1. The van der Waals surface area contributed by atoms with E-state index in [0.29, 0.717) is 33.3 Å². The number of fused-ring (bicyclic) bond motifs is 1. The maximum Gasteiger partial charge on any atom is 0.333 e. The van der Waals surface area contributed by atoms with Crippen molar-refractivity contribution in [3.8, 4) is 11.8 Å². The number of aryl methyl sites for hydroxylation is 3. The van der Waals surface area contributed by atoms with E-state index in [1.54, 1.807) is 19.9 Å². The number of halogens is 2. The maximum absolute atomic E-state index is 13.9. The zero-order valence-corrected chi connectivity index (χ0v) is 28.3. The molecule has 0 aliphatic carbocycles. The first kappa shape index (κ1) is 37.8. The summed E-state index contributed by atoms with van der Waals surface area (Å²) >= 11 is 3.00. The summed E-state index contributed by atoms with van der Waals surface area (Å²) in [6.07, 6.45) is 2.73. The standard InChI is InChI=1S/C24H29FN6O4S.C3H5NO.HIS/c1-6-27-22(33)24(3,4)31-20(32)18-14(2)19(29-28-11-10-26)36-21(18)30(23(31)34)12-9-15-13-16(25)7-8-17(15)35-5;4-2-1-3-5;1-2/h7-8,10-11,13,26,29H,6,9,12H2,1-5H3,(H,27,33);5H,1,3H2;2H/b26-10?,28-11-;;. The highest BCUT2D eigenvalue weighted by molar-refractivity contribution is 14.2. The van der Waals surface area contributed by atoms with Crippen LogP contribution in [0.25, 0.3) is 10.2 Å². The lowest BCUT2D eigenvalue weighted by Gasteiger charge is -2.26. The van der Waals surface area contributed by atoms with Crippen LogP contribution in [-0.2, 0) is 23.3 Å². The van der Waals surface area contributed by atoms with Crippen LogP contribution in [0.15, 0.2) is 32.9 Å². The van der Waals surface area contributed by atoms with Crippen LogP contribution < -0.4 is 26.7 Å². The summed E-state index contributed by atoms with van der Waals surface area (Å²) in [5.74, 6) is -0.431. The van der Waals surface area contributed by atoms with Gasteiger partial charge in [-0.2, -0.15) is 10.4 Å². The Morgan fingerprint density at radius 3 is 2.58 bits per heavy atom. The number of methoxy groups -OCH3 is 1. The fraction of sp³-hybridized carbons (Fsp3) is 0.407. The fourth-order valence-electron chi connectivity index (χ4n) is 3.98. The van der Waals surface area contributed by atoms with Crippen molar-refractivity contribution in [2.24, 2.45) is 5.10 Å². The number of nitrogens with one attached hydrogen (secondary N) is 3. The molecule has 43 heavy (non-hydrogen) atoms. The highest BCUT2D eigenvalue weighted by atomic mass is 127. The molecule has 4 N–H and O–H groups in total. The molecule has 0 unspecified atom stereocenters. The van der Waals surface area contributed by atoms with Crippen molar-refractivity contribution in [3.63, 3.8) is 0 Å². The molecule has 0 atom stereocenters. The molecule has 3 rings (SSSR count). The number of hydrogen-bond donors (Lipinski definition) is 5. The molecular weight excluding hydrogens is 712 g/mol. The molecule has 0 fully saturated rings. The molecular formula is C27H35FIN7O5S2. The van der Waals surface area contributed by atoms with Gasteiger partial charge in [-0.3, -0.25) is 19.6 Å². The van der Waals surface area contributed by atoms with Crippen molar-refractivity contribution < 1.29 is 19.0 Å². The molecule has 0 aliphatic rings. The third kappa shape index (κ3) is 9.36. The number of nitriles is 1. The quantitative estimate of drug-likeness (QED) is 0.0854. The summed E-state index contributed by atoms with van der Waals surface area (Å²) in [5, 5.41) is 30.0. The molecule has 1 aromatic carbocycles. The minimum absolute atomic E-state index is 0.0174. The summed E-state index contributed by atoms with van der Waals surface area (Å²) in [7, 11) is 4.98. The molecule has 0 bridgehead atoms. The average Bonchev–Trinajstić information content (AvgIpc) is 3.31. The topological polar surface area (TPSA) is 175 Å². The monoisotopic (exact) mass is 747 g/mol. The van der Waals surface area contributed by atoms with Gasteiger partial charge in [-0.1, -0.05) is 11.3 Å². The van der Waals surface area contributed by atoms with E-state index in [9.17, 15) is 18.8 Å². The third-order valence-corrected chi connectivity index (χ3v) is 7.27.